The summed E-state index contributed by atoms with van der Waals surface area (Å²) in [6.45, 7) is 4.44. The van der Waals surface area contributed by atoms with Crippen LogP contribution in [0.4, 0.5) is 0 Å². The zero-order valence-electron chi connectivity index (χ0n) is 17.2. The number of carbonyl (C=O) groups is 2. The third kappa shape index (κ3) is 4.88. The number of ketones is 1. The first-order valence-electron chi connectivity index (χ1n) is 9.92. The summed E-state index contributed by atoms with van der Waals surface area (Å²) in [5.41, 5.74) is 1.51. The Bertz CT molecular complexity index is 1010. The third-order valence-corrected chi connectivity index (χ3v) is 7.11. The fourth-order valence-electron chi connectivity index (χ4n) is 3.36. The second kappa shape index (κ2) is 9.40. The molecule has 2 aromatic carbocycles. The fraction of sp³-hybridized carbons (Fsp3) is 0.364. The molecule has 1 aliphatic heterocycles. The summed E-state index contributed by atoms with van der Waals surface area (Å²) < 4.78 is 32.7. The standard InChI is InChI=1S/C22H26N2O5S/c1-3-18-6-4-5-7-21(18)29-16-22(26)23-12-14-24(15-13-23)30(27,28)20-10-8-19(9-11-20)17(2)25/h4-11H,3,12-16H2,1-2H3. The second-order valence-corrected chi connectivity index (χ2v) is 9.05. The van der Waals surface area contributed by atoms with Gasteiger partial charge >= 0.3 is 0 Å². The highest BCUT2D eigenvalue weighted by atomic mass is 32.2. The van der Waals surface area contributed by atoms with E-state index in [1.165, 1.54) is 35.5 Å². The molecule has 3 rings (SSSR count). The number of carbonyl (C=O) groups excluding carboxylic acids is 2. The summed E-state index contributed by atoms with van der Waals surface area (Å²) in [5, 5.41) is 0. The van der Waals surface area contributed by atoms with Crippen molar-refractivity contribution in [3.63, 3.8) is 0 Å². The van der Waals surface area contributed by atoms with Gasteiger partial charge in [0, 0.05) is 31.7 Å². The molecule has 2 aromatic rings. The Hall–Kier alpha value is -2.71. The third-order valence-electron chi connectivity index (χ3n) is 5.19. The van der Waals surface area contributed by atoms with Crippen molar-refractivity contribution in [2.24, 2.45) is 0 Å². The van der Waals surface area contributed by atoms with Crippen molar-refractivity contribution in [2.45, 2.75) is 25.2 Å². The lowest BCUT2D eigenvalue weighted by Crippen LogP contribution is -2.51. The second-order valence-electron chi connectivity index (χ2n) is 7.12. The van der Waals surface area contributed by atoms with Gasteiger partial charge in [0.15, 0.2) is 12.4 Å². The van der Waals surface area contributed by atoms with E-state index >= 15 is 0 Å². The Morgan fingerprint density at radius 3 is 2.20 bits per heavy atom. The van der Waals surface area contributed by atoms with Crippen LogP contribution in [0.3, 0.4) is 0 Å². The van der Waals surface area contributed by atoms with Gasteiger partial charge in [0.25, 0.3) is 5.91 Å². The molecule has 1 heterocycles. The van der Waals surface area contributed by atoms with E-state index in [9.17, 15) is 18.0 Å². The van der Waals surface area contributed by atoms with E-state index in [1.807, 2.05) is 31.2 Å². The molecule has 0 aromatic heterocycles. The van der Waals surface area contributed by atoms with Crippen LogP contribution in [0.2, 0.25) is 0 Å². The molecule has 30 heavy (non-hydrogen) atoms. The van der Waals surface area contributed by atoms with Crippen molar-refractivity contribution in [3.8, 4) is 5.75 Å². The van der Waals surface area contributed by atoms with Gasteiger partial charge in [-0.1, -0.05) is 37.3 Å². The molecular formula is C22H26N2O5S. The Kier molecular flexibility index (Phi) is 6.89. The minimum absolute atomic E-state index is 0.0731. The monoisotopic (exact) mass is 430 g/mol. The van der Waals surface area contributed by atoms with E-state index in [-0.39, 0.29) is 36.3 Å². The number of piperazine rings is 1. The normalized spacial score (nSPS) is 15.1. The predicted octanol–water partition coefficient (Wildman–Crippen LogP) is 2.36. The van der Waals surface area contributed by atoms with Gasteiger partial charge in [-0.3, -0.25) is 9.59 Å². The molecule has 1 amide bonds. The highest BCUT2D eigenvalue weighted by molar-refractivity contribution is 7.89. The van der Waals surface area contributed by atoms with E-state index in [2.05, 4.69) is 0 Å². The molecule has 0 unspecified atom stereocenters. The number of benzene rings is 2. The lowest BCUT2D eigenvalue weighted by Gasteiger charge is -2.34. The summed E-state index contributed by atoms with van der Waals surface area (Å²) >= 11 is 0. The van der Waals surface area contributed by atoms with Crippen molar-refractivity contribution in [3.05, 3.63) is 59.7 Å². The number of ether oxygens (including phenoxy) is 1. The summed E-state index contributed by atoms with van der Waals surface area (Å²) in [5.74, 6) is 0.419. The van der Waals surface area contributed by atoms with E-state index in [0.29, 0.717) is 24.4 Å². The average molecular weight is 431 g/mol. The molecule has 160 valence electrons. The van der Waals surface area contributed by atoms with E-state index in [0.717, 1.165) is 12.0 Å². The molecule has 0 radical (unpaired) electrons. The summed E-state index contributed by atoms with van der Waals surface area (Å²) in [6, 6.07) is 13.5. The molecule has 0 bridgehead atoms. The van der Waals surface area contributed by atoms with Crippen LogP contribution in [-0.2, 0) is 21.2 Å². The maximum absolute atomic E-state index is 12.8. The number of sulfonamides is 1. The van der Waals surface area contributed by atoms with Gasteiger partial charge in [-0.25, -0.2) is 8.42 Å². The molecule has 1 fully saturated rings. The first kappa shape index (κ1) is 22.0. The van der Waals surface area contributed by atoms with Gasteiger partial charge in [0.2, 0.25) is 10.0 Å². The minimum Gasteiger partial charge on any atom is -0.483 e. The highest BCUT2D eigenvalue weighted by Gasteiger charge is 2.30. The Morgan fingerprint density at radius 1 is 0.967 bits per heavy atom. The van der Waals surface area contributed by atoms with E-state index in [4.69, 9.17) is 4.74 Å². The molecule has 1 saturated heterocycles. The number of Topliss-reactive ketones (excluding diaryl/α,β-unsaturated/α-hetero) is 1. The molecule has 0 spiro atoms. The molecule has 0 atom stereocenters. The smallest absolute Gasteiger partial charge is 0.260 e. The molecule has 8 heteroatoms. The van der Waals surface area contributed by atoms with Gasteiger partial charge in [-0.2, -0.15) is 4.31 Å². The maximum atomic E-state index is 12.8. The van der Waals surface area contributed by atoms with Crippen molar-refractivity contribution in [2.75, 3.05) is 32.8 Å². The van der Waals surface area contributed by atoms with Crippen LogP contribution in [-0.4, -0.2) is 62.1 Å². The SMILES string of the molecule is CCc1ccccc1OCC(=O)N1CCN(S(=O)(=O)c2ccc(C(C)=O)cc2)CC1. The molecule has 1 aliphatic rings. The van der Waals surface area contributed by atoms with Crippen molar-refractivity contribution in [1.29, 1.82) is 0 Å². The van der Waals surface area contributed by atoms with Crippen LogP contribution in [0.1, 0.15) is 29.8 Å². The van der Waals surface area contributed by atoms with Crippen LogP contribution < -0.4 is 4.74 Å². The van der Waals surface area contributed by atoms with Crippen LogP contribution in [0.15, 0.2) is 53.4 Å². The van der Waals surface area contributed by atoms with Crippen LogP contribution in [0.5, 0.6) is 5.75 Å². The highest BCUT2D eigenvalue weighted by Crippen LogP contribution is 2.20. The molecule has 0 saturated carbocycles. The van der Waals surface area contributed by atoms with Gasteiger partial charge in [0.1, 0.15) is 5.75 Å². The summed E-state index contributed by atoms with van der Waals surface area (Å²) in [6.07, 6.45) is 0.814. The predicted molar refractivity (Wildman–Crippen MR) is 113 cm³/mol. The lowest BCUT2D eigenvalue weighted by molar-refractivity contribution is -0.134. The summed E-state index contributed by atoms with van der Waals surface area (Å²) in [4.78, 5) is 25.6. The first-order chi connectivity index (χ1) is 14.3. The zero-order valence-corrected chi connectivity index (χ0v) is 18.0. The number of hydrogen-bond acceptors (Lipinski definition) is 5. The van der Waals surface area contributed by atoms with Gasteiger partial charge < -0.3 is 9.64 Å². The Morgan fingerprint density at radius 2 is 1.60 bits per heavy atom. The Labute approximate surface area is 177 Å². The van der Waals surface area contributed by atoms with Crippen LogP contribution in [0, 0.1) is 0 Å². The largest absolute Gasteiger partial charge is 0.483 e. The van der Waals surface area contributed by atoms with Gasteiger partial charge in [-0.15, -0.1) is 0 Å². The average Bonchev–Trinajstić information content (AvgIpc) is 2.77. The quantitative estimate of drug-likeness (QED) is 0.630. The van der Waals surface area contributed by atoms with Gasteiger partial charge in [0.05, 0.1) is 4.90 Å². The molecule has 0 aliphatic carbocycles. The van der Waals surface area contributed by atoms with Crippen molar-refractivity contribution in [1.82, 2.24) is 9.21 Å². The number of nitrogens with zero attached hydrogens (tertiary/aromatic N) is 2. The van der Waals surface area contributed by atoms with E-state index in [1.54, 1.807) is 4.90 Å². The minimum atomic E-state index is -3.67. The topological polar surface area (TPSA) is 84.0 Å². The number of aryl methyl sites for hydroxylation is 1. The van der Waals surface area contributed by atoms with Gasteiger partial charge in [-0.05, 0) is 37.1 Å². The number of para-hydroxylation sites is 1. The zero-order chi connectivity index (χ0) is 21.7. The van der Waals surface area contributed by atoms with Crippen LogP contribution in [0.25, 0.3) is 0 Å². The molecule has 7 nitrogen and oxygen atoms in total. The number of amides is 1. The molecular weight excluding hydrogens is 404 g/mol. The number of hydrogen-bond donors (Lipinski definition) is 0. The maximum Gasteiger partial charge on any atom is 0.260 e. The summed E-state index contributed by atoms with van der Waals surface area (Å²) in [7, 11) is -3.67. The van der Waals surface area contributed by atoms with Crippen LogP contribution >= 0.6 is 0 Å². The van der Waals surface area contributed by atoms with E-state index < -0.39 is 10.0 Å². The first-order valence-corrected chi connectivity index (χ1v) is 11.4. The van der Waals surface area contributed by atoms with Crippen molar-refractivity contribution < 1.29 is 22.7 Å². The fourth-order valence-corrected chi connectivity index (χ4v) is 4.78. The van der Waals surface area contributed by atoms with Crippen molar-refractivity contribution >= 4 is 21.7 Å². The molecule has 0 N–H and O–H groups in total. The lowest BCUT2D eigenvalue weighted by atomic mass is 10.1. The Balaban J connectivity index is 1.57. The number of rotatable bonds is 7.